The van der Waals surface area contributed by atoms with Crippen molar-refractivity contribution >= 4 is 17.6 Å². The molecule has 2 aliphatic rings. The molecule has 0 saturated carbocycles. The monoisotopic (exact) mass is 396 g/mol. The highest BCUT2D eigenvalue weighted by Gasteiger charge is 2.29. The molecule has 1 saturated heterocycles. The van der Waals surface area contributed by atoms with E-state index in [1.165, 1.54) is 11.3 Å². The largest absolute Gasteiger partial charge is 0.370 e. The molecule has 1 unspecified atom stereocenters. The molecular weight excluding hydrogens is 368 g/mol. The number of H-pyrrole nitrogens is 1. The molecule has 2 amide bonds. The summed E-state index contributed by atoms with van der Waals surface area (Å²) in [5.74, 6) is 0.464. The first kappa shape index (κ1) is 19.4. The van der Waals surface area contributed by atoms with Gasteiger partial charge in [0, 0.05) is 36.3 Å². The fourth-order valence-corrected chi connectivity index (χ4v) is 4.18. The minimum atomic E-state index is -0.564. The maximum atomic E-state index is 11.8. The Kier molecular flexibility index (Phi) is 5.02. The predicted molar refractivity (Wildman–Crippen MR) is 110 cm³/mol. The van der Waals surface area contributed by atoms with Gasteiger partial charge in [0.25, 0.3) is 5.91 Å². The second-order valence-corrected chi connectivity index (χ2v) is 8.95. The van der Waals surface area contributed by atoms with Gasteiger partial charge >= 0.3 is 0 Å². The zero-order chi connectivity index (χ0) is 20.6. The molecule has 5 N–H and O–H groups in total. The number of nitrogens with two attached hydrogens (primary N) is 1. The number of primary amides is 1. The molecule has 0 bridgehead atoms. The number of nitrogens with one attached hydrogen (secondary N) is 3. The van der Waals surface area contributed by atoms with Crippen molar-refractivity contribution in [2.45, 2.75) is 46.0 Å². The zero-order valence-electron chi connectivity index (χ0n) is 17.0. The van der Waals surface area contributed by atoms with Crippen molar-refractivity contribution in [2.75, 3.05) is 18.4 Å². The highest BCUT2D eigenvalue weighted by Crippen LogP contribution is 2.38. The molecule has 8 heteroatoms. The fraction of sp³-hybridized carbons (Fsp3) is 0.524. The van der Waals surface area contributed by atoms with Gasteiger partial charge in [0.15, 0.2) is 0 Å². The van der Waals surface area contributed by atoms with Crippen LogP contribution in [0.2, 0.25) is 0 Å². The normalized spacial score (nSPS) is 20.6. The van der Waals surface area contributed by atoms with Crippen LogP contribution in [0.15, 0.2) is 12.1 Å². The molecule has 3 heterocycles. The molecule has 4 rings (SSSR count). The number of fused-ring (bicyclic) bond motifs is 1. The topological polar surface area (TPSA) is 126 Å². The minimum Gasteiger partial charge on any atom is -0.370 e. The van der Waals surface area contributed by atoms with Crippen LogP contribution in [0.4, 0.5) is 5.82 Å². The van der Waals surface area contributed by atoms with Crippen molar-refractivity contribution in [3.05, 3.63) is 29.1 Å². The first-order valence-electron chi connectivity index (χ1n) is 10.2. The number of hydrogen-bond donors (Lipinski definition) is 4. The Morgan fingerprint density at radius 3 is 2.90 bits per heavy atom. The number of anilines is 1. The minimum absolute atomic E-state index is 0.101. The number of aromatic nitrogens is 3. The van der Waals surface area contributed by atoms with E-state index < -0.39 is 5.91 Å². The van der Waals surface area contributed by atoms with Gasteiger partial charge in [-0.1, -0.05) is 13.8 Å². The van der Waals surface area contributed by atoms with E-state index in [9.17, 15) is 9.59 Å². The molecule has 2 aromatic heterocycles. The van der Waals surface area contributed by atoms with Gasteiger partial charge in [-0.3, -0.25) is 14.7 Å². The third-order valence-corrected chi connectivity index (χ3v) is 5.95. The summed E-state index contributed by atoms with van der Waals surface area (Å²) in [6.07, 6.45) is 4.39. The summed E-state index contributed by atoms with van der Waals surface area (Å²) in [7, 11) is 0. The molecule has 0 spiro atoms. The number of amides is 2. The van der Waals surface area contributed by atoms with E-state index in [0.717, 1.165) is 36.9 Å². The number of carbonyl (C=O) groups excluding carboxylic acids is 2. The highest BCUT2D eigenvalue weighted by molar-refractivity contribution is 5.92. The third-order valence-electron chi connectivity index (χ3n) is 5.95. The standard InChI is InChI=1S/C21H28N6O2/c1-21(2)6-5-14-16(9-21)26-27-19(14)13-7-15(20(22)29)25-17(8-13)23-10-12-3-4-18(28)24-11-12/h7-8,12H,3-6,9-11H2,1-2H3,(H2,22,29)(H,23,25)(H,24,28)(H,26,27). The zero-order valence-corrected chi connectivity index (χ0v) is 17.0. The number of carbonyl (C=O) groups is 2. The molecule has 1 fully saturated rings. The van der Waals surface area contributed by atoms with Gasteiger partial charge in [-0.15, -0.1) is 0 Å². The average Bonchev–Trinajstić information content (AvgIpc) is 3.09. The van der Waals surface area contributed by atoms with Crippen LogP contribution in [0.1, 0.15) is 54.9 Å². The van der Waals surface area contributed by atoms with Crippen molar-refractivity contribution in [2.24, 2.45) is 17.1 Å². The molecule has 1 aliphatic carbocycles. The van der Waals surface area contributed by atoms with Crippen LogP contribution in [-0.2, 0) is 17.6 Å². The van der Waals surface area contributed by atoms with E-state index in [1.54, 1.807) is 6.07 Å². The second-order valence-electron chi connectivity index (χ2n) is 8.95. The van der Waals surface area contributed by atoms with E-state index in [-0.39, 0.29) is 17.0 Å². The Morgan fingerprint density at radius 2 is 2.17 bits per heavy atom. The lowest BCUT2D eigenvalue weighted by atomic mass is 9.76. The average molecular weight is 396 g/mol. The first-order valence-corrected chi connectivity index (χ1v) is 10.2. The summed E-state index contributed by atoms with van der Waals surface area (Å²) >= 11 is 0. The van der Waals surface area contributed by atoms with Crippen LogP contribution in [0, 0.1) is 11.3 Å². The molecule has 0 aromatic carbocycles. The van der Waals surface area contributed by atoms with Crippen molar-refractivity contribution in [1.29, 1.82) is 0 Å². The molecule has 2 aromatic rings. The van der Waals surface area contributed by atoms with Crippen LogP contribution in [0.25, 0.3) is 11.3 Å². The SMILES string of the molecule is CC1(C)CCc2c(-c3cc(NCC4CCC(=O)NC4)nc(C(N)=O)c3)n[nH]c2C1. The number of hydrogen-bond acceptors (Lipinski definition) is 5. The lowest BCUT2D eigenvalue weighted by Crippen LogP contribution is -2.37. The van der Waals surface area contributed by atoms with Gasteiger partial charge in [0.1, 0.15) is 11.5 Å². The maximum absolute atomic E-state index is 11.8. The van der Waals surface area contributed by atoms with Gasteiger partial charge < -0.3 is 16.4 Å². The highest BCUT2D eigenvalue weighted by atomic mass is 16.2. The quantitative estimate of drug-likeness (QED) is 0.615. The molecule has 1 aliphatic heterocycles. The summed E-state index contributed by atoms with van der Waals surface area (Å²) in [5, 5.41) is 13.9. The van der Waals surface area contributed by atoms with Crippen LogP contribution in [0.5, 0.6) is 0 Å². The van der Waals surface area contributed by atoms with Crippen LogP contribution >= 0.6 is 0 Å². The predicted octanol–water partition coefficient (Wildman–Crippen LogP) is 2.02. The molecular formula is C21H28N6O2. The number of nitrogens with zero attached hydrogens (tertiary/aromatic N) is 2. The van der Waals surface area contributed by atoms with Crippen molar-refractivity contribution in [1.82, 2.24) is 20.5 Å². The number of piperidine rings is 1. The van der Waals surface area contributed by atoms with E-state index in [2.05, 4.69) is 39.7 Å². The van der Waals surface area contributed by atoms with Gasteiger partial charge in [0.05, 0.1) is 5.69 Å². The molecule has 8 nitrogen and oxygen atoms in total. The Balaban J connectivity index is 1.59. The second kappa shape index (κ2) is 7.50. The Bertz CT molecular complexity index is 939. The number of aromatic amines is 1. The Hall–Kier alpha value is -2.90. The molecule has 29 heavy (non-hydrogen) atoms. The summed E-state index contributed by atoms with van der Waals surface area (Å²) in [4.78, 5) is 27.5. The maximum Gasteiger partial charge on any atom is 0.267 e. The Labute approximate surface area is 170 Å². The van der Waals surface area contributed by atoms with E-state index in [1.807, 2.05) is 6.07 Å². The molecule has 1 atom stereocenters. The van der Waals surface area contributed by atoms with Crippen LogP contribution in [0.3, 0.4) is 0 Å². The third kappa shape index (κ3) is 4.26. The van der Waals surface area contributed by atoms with Gasteiger partial charge in [0.2, 0.25) is 5.91 Å². The summed E-state index contributed by atoms with van der Waals surface area (Å²) in [6, 6.07) is 3.63. The smallest absolute Gasteiger partial charge is 0.267 e. The van der Waals surface area contributed by atoms with Crippen molar-refractivity contribution in [3.63, 3.8) is 0 Å². The van der Waals surface area contributed by atoms with E-state index in [0.29, 0.717) is 31.2 Å². The van der Waals surface area contributed by atoms with Crippen molar-refractivity contribution < 1.29 is 9.59 Å². The lowest BCUT2D eigenvalue weighted by Gasteiger charge is -2.29. The van der Waals surface area contributed by atoms with Crippen LogP contribution in [-0.4, -0.2) is 40.1 Å². The van der Waals surface area contributed by atoms with E-state index >= 15 is 0 Å². The fourth-order valence-electron chi connectivity index (χ4n) is 4.18. The number of rotatable bonds is 5. The number of pyridine rings is 1. The van der Waals surface area contributed by atoms with Gasteiger partial charge in [-0.25, -0.2) is 4.98 Å². The lowest BCUT2D eigenvalue weighted by molar-refractivity contribution is -0.122. The van der Waals surface area contributed by atoms with Crippen LogP contribution < -0.4 is 16.4 Å². The van der Waals surface area contributed by atoms with Gasteiger partial charge in [-0.2, -0.15) is 5.10 Å². The van der Waals surface area contributed by atoms with E-state index in [4.69, 9.17) is 5.73 Å². The summed E-state index contributed by atoms with van der Waals surface area (Å²) < 4.78 is 0. The summed E-state index contributed by atoms with van der Waals surface area (Å²) in [6.45, 7) is 5.85. The molecule has 0 radical (unpaired) electrons. The van der Waals surface area contributed by atoms with Crippen molar-refractivity contribution in [3.8, 4) is 11.3 Å². The van der Waals surface area contributed by atoms with Gasteiger partial charge in [-0.05, 0) is 49.1 Å². The first-order chi connectivity index (χ1) is 13.8. The molecule has 154 valence electrons. The Morgan fingerprint density at radius 1 is 1.34 bits per heavy atom. The summed E-state index contributed by atoms with van der Waals surface area (Å²) in [5.41, 5.74) is 10.1.